The van der Waals surface area contributed by atoms with Crippen LogP contribution in [0.4, 0.5) is 4.39 Å². The Bertz CT molecular complexity index is 583. The predicted octanol–water partition coefficient (Wildman–Crippen LogP) is 5.04. The minimum Gasteiger partial charge on any atom is -0.309 e. The molecule has 0 saturated heterocycles. The van der Waals surface area contributed by atoms with Crippen molar-refractivity contribution in [2.75, 3.05) is 0 Å². The first-order valence-corrected chi connectivity index (χ1v) is 7.14. The molecule has 0 spiro atoms. The van der Waals surface area contributed by atoms with Gasteiger partial charge in [-0.25, -0.2) is 4.39 Å². The molecule has 106 valence electrons. The van der Waals surface area contributed by atoms with Gasteiger partial charge in [0.15, 0.2) is 0 Å². The van der Waals surface area contributed by atoms with Crippen LogP contribution in [0.2, 0.25) is 10.0 Å². The monoisotopic (exact) mass is 311 g/mol. The maximum Gasteiger partial charge on any atom is 0.129 e. The molecule has 4 heteroatoms. The minimum absolute atomic E-state index is 0.136. The average molecular weight is 312 g/mol. The normalized spacial score (nSPS) is 10.8. The molecule has 0 radical (unpaired) electrons. The summed E-state index contributed by atoms with van der Waals surface area (Å²) in [6.45, 7) is 4.77. The Morgan fingerprint density at radius 1 is 1.00 bits per heavy atom. The highest BCUT2D eigenvalue weighted by Gasteiger charge is 2.06. The Labute approximate surface area is 128 Å². The van der Waals surface area contributed by atoms with E-state index in [0.29, 0.717) is 34.3 Å². The van der Waals surface area contributed by atoms with E-state index in [1.165, 1.54) is 0 Å². The fraction of sp³-hybridized carbons (Fsp3) is 0.250. The molecule has 0 bridgehead atoms. The summed E-state index contributed by atoms with van der Waals surface area (Å²) in [7, 11) is 0. The molecule has 1 N–H and O–H groups in total. The van der Waals surface area contributed by atoms with Crippen molar-refractivity contribution in [3.8, 4) is 0 Å². The summed E-state index contributed by atoms with van der Waals surface area (Å²) in [5, 5.41) is 4.58. The molecule has 0 unspecified atom stereocenters. The Hall–Kier alpha value is -1.09. The van der Waals surface area contributed by atoms with E-state index < -0.39 is 0 Å². The number of halogens is 3. The molecule has 2 aromatic carbocycles. The molecular weight excluding hydrogens is 296 g/mol. The second-order valence-corrected chi connectivity index (χ2v) is 5.66. The van der Waals surface area contributed by atoms with Gasteiger partial charge in [0.25, 0.3) is 0 Å². The van der Waals surface area contributed by atoms with Gasteiger partial charge in [-0.1, -0.05) is 41.4 Å². The number of hydrogen-bond donors (Lipinski definition) is 1. The summed E-state index contributed by atoms with van der Waals surface area (Å²) < 4.78 is 13.5. The fourth-order valence-corrected chi connectivity index (χ4v) is 2.70. The van der Waals surface area contributed by atoms with Crippen LogP contribution < -0.4 is 5.32 Å². The summed E-state index contributed by atoms with van der Waals surface area (Å²) in [5.41, 5.74) is 3.26. The number of benzene rings is 2. The molecule has 0 aliphatic carbocycles. The third-order valence-corrected chi connectivity index (χ3v) is 3.90. The maximum atomic E-state index is 13.5. The van der Waals surface area contributed by atoms with E-state index in [-0.39, 0.29) is 5.82 Å². The molecule has 0 saturated carbocycles. The third kappa shape index (κ3) is 3.51. The molecule has 0 aromatic heterocycles. The molecule has 1 nitrogen and oxygen atoms in total. The zero-order valence-electron chi connectivity index (χ0n) is 11.4. The first-order valence-electron chi connectivity index (χ1n) is 6.38. The smallest absolute Gasteiger partial charge is 0.129 e. The zero-order chi connectivity index (χ0) is 14.7. The van der Waals surface area contributed by atoms with Gasteiger partial charge in [-0.3, -0.25) is 0 Å². The number of nitrogens with one attached hydrogen (secondary N) is 1. The van der Waals surface area contributed by atoms with Gasteiger partial charge in [-0.05, 0) is 42.7 Å². The van der Waals surface area contributed by atoms with E-state index >= 15 is 0 Å². The highest BCUT2D eigenvalue weighted by molar-refractivity contribution is 6.35. The van der Waals surface area contributed by atoms with Gasteiger partial charge >= 0.3 is 0 Å². The Balaban J connectivity index is 2.03. The molecular formula is C16H16Cl2FN. The second kappa shape index (κ2) is 6.57. The largest absolute Gasteiger partial charge is 0.309 e. The molecule has 0 aliphatic heterocycles. The fourth-order valence-electron chi connectivity index (χ4n) is 2.17. The van der Waals surface area contributed by atoms with Crippen LogP contribution in [0.3, 0.4) is 0 Å². The van der Waals surface area contributed by atoms with E-state index in [2.05, 4.69) is 5.32 Å². The van der Waals surface area contributed by atoms with Gasteiger partial charge in [0, 0.05) is 28.7 Å². The third-order valence-electron chi connectivity index (χ3n) is 3.19. The molecule has 2 aromatic rings. The van der Waals surface area contributed by atoms with Crippen LogP contribution in [0.1, 0.15) is 22.3 Å². The van der Waals surface area contributed by atoms with Crippen molar-refractivity contribution in [2.24, 2.45) is 0 Å². The van der Waals surface area contributed by atoms with Crippen LogP contribution in [0, 0.1) is 19.7 Å². The summed E-state index contributed by atoms with van der Waals surface area (Å²) >= 11 is 12.2. The van der Waals surface area contributed by atoms with Gasteiger partial charge in [0.05, 0.1) is 0 Å². The molecule has 20 heavy (non-hydrogen) atoms. The lowest BCUT2D eigenvalue weighted by Crippen LogP contribution is -2.14. The Kier molecular flexibility index (Phi) is 5.03. The van der Waals surface area contributed by atoms with Crippen LogP contribution >= 0.6 is 23.2 Å². The molecule has 0 aliphatic rings. The van der Waals surface area contributed by atoms with E-state index in [1.807, 2.05) is 30.3 Å². The highest BCUT2D eigenvalue weighted by atomic mass is 35.5. The summed E-state index contributed by atoms with van der Waals surface area (Å²) in [4.78, 5) is 0. The minimum atomic E-state index is -0.136. The zero-order valence-corrected chi connectivity index (χ0v) is 12.9. The number of aryl methyl sites for hydroxylation is 2. The SMILES string of the molecule is Cc1cc(CNCc2c(Cl)cccc2Cl)cc(C)c1F. The Morgan fingerprint density at radius 2 is 1.55 bits per heavy atom. The van der Waals surface area contributed by atoms with Crippen LogP contribution in [0.25, 0.3) is 0 Å². The molecule has 0 amide bonds. The number of hydrogen-bond acceptors (Lipinski definition) is 1. The average Bonchev–Trinajstić information content (AvgIpc) is 2.39. The first-order chi connectivity index (χ1) is 9.49. The molecule has 0 heterocycles. The summed E-state index contributed by atoms with van der Waals surface area (Å²) in [6.07, 6.45) is 0. The molecule has 0 fully saturated rings. The lowest BCUT2D eigenvalue weighted by molar-refractivity contribution is 0.606. The van der Waals surface area contributed by atoms with E-state index in [9.17, 15) is 4.39 Å². The van der Waals surface area contributed by atoms with Gasteiger partial charge in [0.1, 0.15) is 5.82 Å². The van der Waals surface area contributed by atoms with Gasteiger partial charge in [-0.15, -0.1) is 0 Å². The molecule has 2 rings (SSSR count). The summed E-state index contributed by atoms with van der Waals surface area (Å²) in [5.74, 6) is -0.136. The molecule has 0 atom stereocenters. The van der Waals surface area contributed by atoms with Crippen molar-refractivity contribution in [1.29, 1.82) is 0 Å². The van der Waals surface area contributed by atoms with Crippen molar-refractivity contribution >= 4 is 23.2 Å². The second-order valence-electron chi connectivity index (χ2n) is 4.85. The highest BCUT2D eigenvalue weighted by Crippen LogP contribution is 2.24. The van der Waals surface area contributed by atoms with Crippen molar-refractivity contribution in [3.63, 3.8) is 0 Å². The quantitative estimate of drug-likeness (QED) is 0.834. The lowest BCUT2D eigenvalue weighted by Gasteiger charge is -2.10. The van der Waals surface area contributed by atoms with Crippen molar-refractivity contribution in [2.45, 2.75) is 26.9 Å². The van der Waals surface area contributed by atoms with Crippen molar-refractivity contribution in [1.82, 2.24) is 5.32 Å². The van der Waals surface area contributed by atoms with Crippen LogP contribution in [-0.4, -0.2) is 0 Å². The van der Waals surface area contributed by atoms with Gasteiger partial charge in [-0.2, -0.15) is 0 Å². The van der Waals surface area contributed by atoms with Crippen LogP contribution in [0.15, 0.2) is 30.3 Å². The van der Waals surface area contributed by atoms with E-state index in [1.54, 1.807) is 13.8 Å². The van der Waals surface area contributed by atoms with Crippen molar-refractivity contribution in [3.05, 3.63) is 68.4 Å². The van der Waals surface area contributed by atoms with Gasteiger partial charge < -0.3 is 5.32 Å². The van der Waals surface area contributed by atoms with Gasteiger partial charge in [0.2, 0.25) is 0 Å². The Morgan fingerprint density at radius 3 is 2.10 bits per heavy atom. The van der Waals surface area contributed by atoms with Crippen LogP contribution in [-0.2, 0) is 13.1 Å². The number of rotatable bonds is 4. The van der Waals surface area contributed by atoms with E-state index in [0.717, 1.165) is 11.1 Å². The first kappa shape index (κ1) is 15.3. The van der Waals surface area contributed by atoms with Crippen molar-refractivity contribution < 1.29 is 4.39 Å². The predicted molar refractivity (Wildman–Crippen MR) is 82.9 cm³/mol. The standard InChI is InChI=1S/C16H16Cl2FN/c1-10-6-12(7-11(2)16(10)19)8-20-9-13-14(17)4-3-5-15(13)18/h3-7,20H,8-9H2,1-2H3. The lowest BCUT2D eigenvalue weighted by atomic mass is 10.1. The van der Waals surface area contributed by atoms with Crippen LogP contribution in [0.5, 0.6) is 0 Å². The van der Waals surface area contributed by atoms with E-state index in [4.69, 9.17) is 23.2 Å². The maximum absolute atomic E-state index is 13.5. The summed E-state index contributed by atoms with van der Waals surface area (Å²) in [6, 6.07) is 9.15. The topological polar surface area (TPSA) is 12.0 Å².